The number of halogens is 1. The normalized spacial score (nSPS) is 22.9. The van der Waals surface area contributed by atoms with Gasteiger partial charge in [0, 0.05) is 11.5 Å². The Morgan fingerprint density at radius 3 is 2.70 bits per heavy atom. The van der Waals surface area contributed by atoms with E-state index in [1.807, 2.05) is 0 Å². The smallest absolute Gasteiger partial charge is 0.258 e. The largest absolute Gasteiger partial charge is 0.396 e. The molecule has 1 aromatic carbocycles. The van der Waals surface area contributed by atoms with Gasteiger partial charge in [0.1, 0.15) is 5.82 Å². The molecule has 0 saturated heterocycles. The van der Waals surface area contributed by atoms with Gasteiger partial charge in [-0.3, -0.25) is 0 Å². The molecule has 2 N–H and O–H groups in total. The zero-order valence-electron chi connectivity index (χ0n) is 11.5. The van der Waals surface area contributed by atoms with E-state index in [9.17, 15) is 4.39 Å². The summed E-state index contributed by atoms with van der Waals surface area (Å²) in [5.41, 5.74) is 6.15. The molecule has 3 rings (SSSR count). The Balaban J connectivity index is 1.81. The summed E-state index contributed by atoms with van der Waals surface area (Å²) in [5, 5.41) is 4.05. The highest BCUT2D eigenvalue weighted by Gasteiger charge is 2.24. The van der Waals surface area contributed by atoms with Crippen LogP contribution in [0.3, 0.4) is 0 Å². The van der Waals surface area contributed by atoms with Gasteiger partial charge in [0.05, 0.1) is 5.69 Å². The first kappa shape index (κ1) is 13.1. The predicted molar refractivity (Wildman–Crippen MR) is 74.5 cm³/mol. The summed E-state index contributed by atoms with van der Waals surface area (Å²) in [5.74, 6) is 1.78. The lowest BCUT2D eigenvalue weighted by Gasteiger charge is -2.23. The minimum atomic E-state index is -0.464. The fraction of sp³-hybridized carbons (Fsp3) is 0.467. The Morgan fingerprint density at radius 1 is 1.25 bits per heavy atom. The van der Waals surface area contributed by atoms with Crippen molar-refractivity contribution in [3.63, 3.8) is 0 Å². The summed E-state index contributed by atoms with van der Waals surface area (Å²) in [7, 11) is 0. The molecule has 20 heavy (non-hydrogen) atoms. The average molecular weight is 275 g/mol. The molecule has 0 bridgehead atoms. The first-order chi connectivity index (χ1) is 9.63. The van der Waals surface area contributed by atoms with Crippen molar-refractivity contribution in [3.05, 3.63) is 29.8 Å². The van der Waals surface area contributed by atoms with Crippen molar-refractivity contribution in [1.82, 2.24) is 10.1 Å². The van der Waals surface area contributed by atoms with Gasteiger partial charge in [0.15, 0.2) is 5.82 Å². The van der Waals surface area contributed by atoms with Crippen molar-refractivity contribution in [2.75, 3.05) is 5.73 Å². The number of rotatable bonds is 2. The minimum absolute atomic E-state index is 0.120. The van der Waals surface area contributed by atoms with E-state index in [2.05, 4.69) is 17.1 Å². The van der Waals surface area contributed by atoms with E-state index in [-0.39, 0.29) is 5.69 Å². The third-order valence-corrected chi connectivity index (χ3v) is 4.07. The molecule has 0 radical (unpaired) electrons. The molecule has 1 fully saturated rings. The molecule has 0 aliphatic heterocycles. The molecule has 0 unspecified atom stereocenters. The van der Waals surface area contributed by atoms with Crippen LogP contribution < -0.4 is 5.73 Å². The van der Waals surface area contributed by atoms with Gasteiger partial charge in [-0.1, -0.05) is 24.9 Å². The van der Waals surface area contributed by atoms with Crippen LogP contribution >= 0.6 is 0 Å². The van der Waals surface area contributed by atoms with E-state index in [0.717, 1.165) is 24.6 Å². The summed E-state index contributed by atoms with van der Waals surface area (Å²) < 4.78 is 18.7. The zero-order chi connectivity index (χ0) is 14.1. The highest BCUT2D eigenvalue weighted by molar-refractivity contribution is 5.57. The number of hydrogen-bond donors (Lipinski definition) is 1. The molecule has 0 atom stereocenters. The lowest BCUT2D eigenvalue weighted by Crippen LogP contribution is -2.11. The van der Waals surface area contributed by atoms with Crippen LogP contribution in [0.4, 0.5) is 10.1 Å². The lowest BCUT2D eigenvalue weighted by atomic mass is 9.83. The standard InChI is InChI=1S/C15H18FN3O/c1-9-2-4-10(5-3-9)14-18-15(20-19-14)11-6-7-13(17)12(16)8-11/h6-10H,2-5,17H2,1H3. The molecule has 1 heterocycles. The number of nitrogens with zero attached hydrogens (tertiary/aromatic N) is 2. The number of benzene rings is 1. The molecule has 1 aliphatic carbocycles. The molecule has 4 nitrogen and oxygen atoms in total. The highest BCUT2D eigenvalue weighted by atomic mass is 19.1. The van der Waals surface area contributed by atoms with Crippen molar-refractivity contribution in [3.8, 4) is 11.5 Å². The average Bonchev–Trinajstić information content (AvgIpc) is 2.92. The SMILES string of the molecule is CC1CCC(c2noc(-c3ccc(N)c(F)c3)n2)CC1. The van der Waals surface area contributed by atoms with Crippen molar-refractivity contribution in [2.45, 2.75) is 38.5 Å². The van der Waals surface area contributed by atoms with Crippen LogP contribution in [0.1, 0.15) is 44.3 Å². The van der Waals surface area contributed by atoms with Crippen molar-refractivity contribution < 1.29 is 8.91 Å². The summed E-state index contributed by atoms with van der Waals surface area (Å²) in [6.07, 6.45) is 4.59. The topological polar surface area (TPSA) is 64.9 Å². The predicted octanol–water partition coefficient (Wildman–Crippen LogP) is 3.75. The van der Waals surface area contributed by atoms with Crippen LogP contribution in [-0.2, 0) is 0 Å². The van der Waals surface area contributed by atoms with Crippen molar-refractivity contribution >= 4 is 5.69 Å². The quantitative estimate of drug-likeness (QED) is 0.848. The maximum Gasteiger partial charge on any atom is 0.258 e. The van der Waals surface area contributed by atoms with E-state index in [4.69, 9.17) is 10.3 Å². The molecular weight excluding hydrogens is 257 g/mol. The molecule has 1 saturated carbocycles. The number of aromatic nitrogens is 2. The number of hydrogen-bond acceptors (Lipinski definition) is 4. The first-order valence-electron chi connectivity index (χ1n) is 7.02. The zero-order valence-corrected chi connectivity index (χ0v) is 11.5. The molecule has 5 heteroatoms. The maximum absolute atomic E-state index is 13.5. The first-order valence-corrected chi connectivity index (χ1v) is 7.02. The maximum atomic E-state index is 13.5. The number of anilines is 1. The van der Waals surface area contributed by atoms with Crippen LogP contribution in [0.5, 0.6) is 0 Å². The van der Waals surface area contributed by atoms with Crippen molar-refractivity contribution in [2.24, 2.45) is 5.92 Å². The van der Waals surface area contributed by atoms with E-state index in [1.54, 1.807) is 6.07 Å². The van der Waals surface area contributed by atoms with Gasteiger partial charge in [0.25, 0.3) is 5.89 Å². The Morgan fingerprint density at radius 2 is 2.00 bits per heavy atom. The second kappa shape index (κ2) is 5.23. The Bertz CT molecular complexity index is 603. The molecule has 106 valence electrons. The third kappa shape index (κ3) is 2.53. The van der Waals surface area contributed by atoms with E-state index in [1.165, 1.54) is 25.0 Å². The summed E-state index contributed by atoms with van der Waals surface area (Å²) >= 11 is 0. The second-order valence-electron chi connectivity index (χ2n) is 5.65. The summed E-state index contributed by atoms with van der Waals surface area (Å²) in [4.78, 5) is 4.41. The van der Waals surface area contributed by atoms with Gasteiger partial charge < -0.3 is 10.3 Å². The van der Waals surface area contributed by atoms with Crippen LogP contribution in [0.15, 0.2) is 22.7 Å². The second-order valence-corrected chi connectivity index (χ2v) is 5.65. The van der Waals surface area contributed by atoms with Gasteiger partial charge in [-0.2, -0.15) is 4.98 Å². The minimum Gasteiger partial charge on any atom is -0.396 e. The van der Waals surface area contributed by atoms with E-state index < -0.39 is 5.82 Å². The molecule has 1 aliphatic rings. The number of nitrogens with two attached hydrogens (primary N) is 1. The molecule has 2 aromatic rings. The number of nitrogen functional groups attached to an aromatic ring is 1. The van der Waals surface area contributed by atoms with E-state index >= 15 is 0 Å². The molecular formula is C15H18FN3O. The Labute approximate surface area is 117 Å². The summed E-state index contributed by atoms with van der Waals surface area (Å²) in [6.45, 7) is 2.27. The highest BCUT2D eigenvalue weighted by Crippen LogP contribution is 2.35. The Hall–Kier alpha value is -1.91. The molecule has 1 aromatic heterocycles. The third-order valence-electron chi connectivity index (χ3n) is 4.07. The lowest BCUT2D eigenvalue weighted by molar-refractivity contribution is 0.329. The van der Waals surface area contributed by atoms with Gasteiger partial charge in [0.2, 0.25) is 0 Å². The van der Waals surface area contributed by atoms with Crippen LogP contribution in [0, 0.1) is 11.7 Å². The van der Waals surface area contributed by atoms with E-state index in [0.29, 0.717) is 17.4 Å². The Kier molecular flexibility index (Phi) is 3.42. The van der Waals surface area contributed by atoms with Gasteiger partial charge in [-0.25, -0.2) is 4.39 Å². The van der Waals surface area contributed by atoms with Gasteiger partial charge in [-0.05, 0) is 37.0 Å². The monoisotopic (exact) mass is 275 g/mol. The molecule has 0 spiro atoms. The fourth-order valence-electron chi connectivity index (χ4n) is 2.70. The van der Waals surface area contributed by atoms with Gasteiger partial charge in [-0.15, -0.1) is 0 Å². The van der Waals surface area contributed by atoms with Crippen LogP contribution in [0.2, 0.25) is 0 Å². The van der Waals surface area contributed by atoms with Crippen LogP contribution in [-0.4, -0.2) is 10.1 Å². The van der Waals surface area contributed by atoms with Crippen molar-refractivity contribution in [1.29, 1.82) is 0 Å². The summed E-state index contributed by atoms with van der Waals surface area (Å²) in [6, 6.07) is 4.53. The molecule has 0 amide bonds. The van der Waals surface area contributed by atoms with Crippen LogP contribution in [0.25, 0.3) is 11.5 Å². The van der Waals surface area contributed by atoms with Gasteiger partial charge >= 0.3 is 0 Å². The fourth-order valence-corrected chi connectivity index (χ4v) is 2.70.